The van der Waals surface area contributed by atoms with E-state index in [4.69, 9.17) is 11.5 Å². The van der Waals surface area contributed by atoms with Gasteiger partial charge in [0.15, 0.2) is 6.10 Å². The number of amides is 2. The molecule has 37 heavy (non-hydrogen) atoms. The van der Waals surface area contributed by atoms with Gasteiger partial charge in [0.1, 0.15) is 0 Å². The van der Waals surface area contributed by atoms with Crippen LogP contribution in [-0.4, -0.2) is 71.1 Å². The van der Waals surface area contributed by atoms with Gasteiger partial charge >= 0.3 is 0 Å². The Bertz CT molecular complexity index is 731. The lowest BCUT2D eigenvalue weighted by Crippen LogP contribution is -2.45. The summed E-state index contributed by atoms with van der Waals surface area (Å²) in [4.78, 5) is 32.7. The van der Waals surface area contributed by atoms with E-state index in [2.05, 4.69) is 41.4 Å². The summed E-state index contributed by atoms with van der Waals surface area (Å²) in [6.07, 6.45) is 4.38. The molecule has 10 nitrogen and oxygen atoms in total. The fourth-order valence-corrected chi connectivity index (χ4v) is 3.28. The molecular weight excluding hydrogens is 472 g/mol. The molecule has 0 bridgehead atoms. The molecule has 0 spiro atoms. The van der Waals surface area contributed by atoms with Gasteiger partial charge in [-0.05, 0) is 51.4 Å². The van der Waals surface area contributed by atoms with Crippen molar-refractivity contribution >= 4 is 23.5 Å². The standard InChI is InChI=1S/C27H54N6O4/c1-7-27(5,6)33-23(35)15-14-20(34)24(36)25(37)32-19-18-31-22(29)13-11-9-8-10-12-21(28)30-17-16-26(2,3)4/h20,24,34,36H,7-19H2,1-6H3,(H2,28,30)(H2,29,31)(H,32,37)(H,33,35). The van der Waals surface area contributed by atoms with Crippen molar-refractivity contribution in [1.82, 2.24) is 10.6 Å². The second-order valence-electron chi connectivity index (χ2n) is 11.6. The third-order valence-electron chi connectivity index (χ3n) is 6.18. The first-order valence-corrected chi connectivity index (χ1v) is 13.7. The lowest BCUT2D eigenvalue weighted by molar-refractivity contribution is -0.136. The van der Waals surface area contributed by atoms with Crippen molar-refractivity contribution in [2.75, 3.05) is 19.6 Å². The fraction of sp³-hybridized carbons (Fsp3) is 0.852. The van der Waals surface area contributed by atoms with Gasteiger partial charge < -0.3 is 32.3 Å². The maximum atomic E-state index is 12.1. The molecule has 8 N–H and O–H groups in total. The Kier molecular flexibility index (Phi) is 17.0. The van der Waals surface area contributed by atoms with Crippen LogP contribution in [0.3, 0.4) is 0 Å². The number of rotatable bonds is 19. The molecule has 0 radical (unpaired) electrons. The largest absolute Gasteiger partial charge is 0.390 e. The second-order valence-corrected chi connectivity index (χ2v) is 11.6. The van der Waals surface area contributed by atoms with Crippen molar-refractivity contribution in [1.29, 1.82) is 0 Å². The SMILES string of the molecule is CCC(C)(C)NC(=O)CCC(O)C(O)C(=O)NCCN=C(N)CCCCCCC(N)=NCCC(C)(C)C. The van der Waals surface area contributed by atoms with Gasteiger partial charge in [-0.3, -0.25) is 19.6 Å². The highest BCUT2D eigenvalue weighted by Gasteiger charge is 2.25. The molecular formula is C27H54N6O4. The van der Waals surface area contributed by atoms with Crippen LogP contribution >= 0.6 is 0 Å². The summed E-state index contributed by atoms with van der Waals surface area (Å²) in [5, 5.41) is 25.4. The molecule has 2 unspecified atom stereocenters. The fourth-order valence-electron chi connectivity index (χ4n) is 3.28. The van der Waals surface area contributed by atoms with Crippen molar-refractivity contribution in [3.8, 4) is 0 Å². The summed E-state index contributed by atoms with van der Waals surface area (Å²) in [5.74, 6) is 0.329. The van der Waals surface area contributed by atoms with E-state index in [9.17, 15) is 19.8 Å². The third kappa shape index (κ3) is 19.6. The molecule has 0 heterocycles. The molecule has 0 rings (SSSR count). The van der Waals surface area contributed by atoms with Crippen molar-refractivity contribution in [2.45, 2.75) is 123 Å². The molecule has 10 heteroatoms. The number of unbranched alkanes of at least 4 members (excludes halogenated alkanes) is 3. The molecule has 2 atom stereocenters. The maximum absolute atomic E-state index is 12.1. The van der Waals surface area contributed by atoms with Gasteiger partial charge in [-0.1, -0.05) is 40.5 Å². The number of hydrogen-bond donors (Lipinski definition) is 6. The molecule has 0 fully saturated rings. The molecule has 2 amide bonds. The first kappa shape index (κ1) is 34.8. The van der Waals surface area contributed by atoms with Crippen molar-refractivity contribution in [3.05, 3.63) is 0 Å². The van der Waals surface area contributed by atoms with E-state index in [1.165, 1.54) is 0 Å². The number of aliphatic imine (C=N–C) groups is 2. The topological polar surface area (TPSA) is 175 Å². The lowest BCUT2D eigenvalue weighted by atomic mass is 9.92. The number of aliphatic hydroxyl groups is 2. The van der Waals surface area contributed by atoms with Gasteiger partial charge in [0.2, 0.25) is 5.91 Å². The van der Waals surface area contributed by atoms with Gasteiger partial charge in [-0.15, -0.1) is 0 Å². The molecule has 0 saturated heterocycles. The van der Waals surface area contributed by atoms with Crippen LogP contribution < -0.4 is 22.1 Å². The summed E-state index contributed by atoms with van der Waals surface area (Å²) in [5.41, 5.74) is 11.9. The van der Waals surface area contributed by atoms with E-state index in [1.807, 2.05) is 20.8 Å². The molecule has 0 aliphatic rings. The Hall–Kier alpha value is -2.20. The average Bonchev–Trinajstić information content (AvgIpc) is 2.80. The van der Waals surface area contributed by atoms with E-state index in [0.717, 1.165) is 57.3 Å². The predicted octanol–water partition coefficient (Wildman–Crippen LogP) is 2.40. The van der Waals surface area contributed by atoms with Crippen LogP contribution in [-0.2, 0) is 9.59 Å². The first-order chi connectivity index (χ1) is 17.2. The van der Waals surface area contributed by atoms with Crippen LogP contribution in [0.1, 0.15) is 106 Å². The summed E-state index contributed by atoms with van der Waals surface area (Å²) in [6, 6.07) is 0. The van der Waals surface area contributed by atoms with Crippen LogP contribution in [0.25, 0.3) is 0 Å². The number of carbonyl (C=O) groups excluding carboxylic acids is 2. The highest BCUT2D eigenvalue weighted by Crippen LogP contribution is 2.18. The Morgan fingerprint density at radius 1 is 0.865 bits per heavy atom. The number of carbonyl (C=O) groups is 2. The number of nitrogens with zero attached hydrogens (tertiary/aromatic N) is 2. The monoisotopic (exact) mass is 526 g/mol. The minimum absolute atomic E-state index is 0.0120. The van der Waals surface area contributed by atoms with Gasteiger partial charge in [0.25, 0.3) is 5.91 Å². The zero-order chi connectivity index (χ0) is 28.5. The molecule has 0 aromatic rings. The lowest BCUT2D eigenvalue weighted by Gasteiger charge is -2.25. The number of amidine groups is 2. The predicted molar refractivity (Wildman–Crippen MR) is 152 cm³/mol. The molecule has 0 saturated carbocycles. The van der Waals surface area contributed by atoms with Crippen molar-refractivity contribution < 1.29 is 19.8 Å². The van der Waals surface area contributed by atoms with E-state index in [1.54, 1.807) is 0 Å². The van der Waals surface area contributed by atoms with E-state index in [0.29, 0.717) is 12.3 Å². The quantitative estimate of drug-likeness (QED) is 0.0855. The Labute approximate surface area is 224 Å². The zero-order valence-electron chi connectivity index (χ0n) is 24.1. The normalized spacial score (nSPS) is 14.8. The summed E-state index contributed by atoms with van der Waals surface area (Å²) in [7, 11) is 0. The number of hydrogen-bond acceptors (Lipinski definition) is 6. The minimum atomic E-state index is -1.61. The summed E-state index contributed by atoms with van der Waals surface area (Å²) in [6.45, 7) is 13.6. The highest BCUT2D eigenvalue weighted by molar-refractivity contribution is 5.82. The molecule has 0 aliphatic carbocycles. The number of nitrogens with two attached hydrogens (primary N) is 2. The van der Waals surface area contributed by atoms with Crippen LogP contribution in [0.5, 0.6) is 0 Å². The molecule has 0 aromatic carbocycles. The maximum Gasteiger partial charge on any atom is 0.251 e. The average molecular weight is 527 g/mol. The summed E-state index contributed by atoms with van der Waals surface area (Å²) < 4.78 is 0. The second kappa shape index (κ2) is 18.1. The molecule has 0 aromatic heterocycles. The van der Waals surface area contributed by atoms with Gasteiger partial charge in [-0.25, -0.2) is 0 Å². The Morgan fingerprint density at radius 2 is 1.41 bits per heavy atom. The summed E-state index contributed by atoms with van der Waals surface area (Å²) >= 11 is 0. The Morgan fingerprint density at radius 3 is 1.92 bits per heavy atom. The van der Waals surface area contributed by atoms with Crippen LogP contribution in [0, 0.1) is 5.41 Å². The Balaban J connectivity index is 4.00. The molecule has 216 valence electrons. The van der Waals surface area contributed by atoms with E-state index >= 15 is 0 Å². The van der Waals surface area contributed by atoms with Gasteiger partial charge in [0.05, 0.1) is 24.3 Å². The zero-order valence-corrected chi connectivity index (χ0v) is 24.1. The first-order valence-electron chi connectivity index (χ1n) is 13.7. The van der Waals surface area contributed by atoms with Gasteiger partial charge in [0, 0.05) is 37.9 Å². The smallest absolute Gasteiger partial charge is 0.251 e. The van der Waals surface area contributed by atoms with Crippen LogP contribution in [0.4, 0.5) is 0 Å². The van der Waals surface area contributed by atoms with Gasteiger partial charge in [-0.2, -0.15) is 0 Å². The van der Waals surface area contributed by atoms with Crippen LogP contribution in [0.2, 0.25) is 0 Å². The van der Waals surface area contributed by atoms with Crippen LogP contribution in [0.15, 0.2) is 9.98 Å². The number of aliphatic hydroxyl groups excluding tert-OH is 2. The molecule has 0 aliphatic heterocycles. The minimum Gasteiger partial charge on any atom is -0.390 e. The van der Waals surface area contributed by atoms with Crippen molar-refractivity contribution in [3.63, 3.8) is 0 Å². The highest BCUT2D eigenvalue weighted by atomic mass is 16.3. The number of nitrogens with one attached hydrogen (secondary N) is 2. The van der Waals surface area contributed by atoms with E-state index < -0.39 is 18.1 Å². The van der Waals surface area contributed by atoms with E-state index in [-0.39, 0.29) is 42.8 Å². The third-order valence-corrected chi connectivity index (χ3v) is 6.18. The van der Waals surface area contributed by atoms with Crippen molar-refractivity contribution in [2.24, 2.45) is 26.9 Å².